The molecule has 0 radical (unpaired) electrons. The van der Waals surface area contributed by atoms with E-state index >= 15 is 0 Å². The van der Waals surface area contributed by atoms with Crippen molar-refractivity contribution in [3.05, 3.63) is 17.0 Å². The van der Waals surface area contributed by atoms with Crippen molar-refractivity contribution in [3.63, 3.8) is 0 Å². The molecule has 2 rings (SSSR count). The van der Waals surface area contributed by atoms with Gasteiger partial charge in [0.1, 0.15) is 11.4 Å². The molecule has 5 nitrogen and oxygen atoms in total. The summed E-state index contributed by atoms with van der Waals surface area (Å²) in [6.45, 7) is 6.66. The van der Waals surface area contributed by atoms with Crippen LogP contribution in [0.5, 0.6) is 0 Å². The maximum atomic E-state index is 12.0. The molecule has 0 aliphatic heterocycles. The van der Waals surface area contributed by atoms with Gasteiger partial charge in [-0.25, -0.2) is 4.79 Å². The molecule has 104 valence electrons. The van der Waals surface area contributed by atoms with Gasteiger partial charge in [-0.3, -0.25) is 9.89 Å². The predicted octanol–water partition coefficient (Wildman–Crippen LogP) is 2.52. The molecule has 1 heterocycles. The van der Waals surface area contributed by atoms with Crippen LogP contribution in [-0.2, 0) is 11.2 Å². The number of nitrogens with zero attached hydrogens (tertiary/aromatic N) is 1. The number of hydrogen-bond acceptors (Lipinski definition) is 4. The third-order valence-corrected chi connectivity index (χ3v) is 3.25. The quantitative estimate of drug-likeness (QED) is 0.851. The molecule has 0 amide bonds. The summed E-state index contributed by atoms with van der Waals surface area (Å²) in [7, 11) is 0. The van der Waals surface area contributed by atoms with Crippen LogP contribution in [0.25, 0.3) is 0 Å². The van der Waals surface area contributed by atoms with Gasteiger partial charge in [-0.05, 0) is 24.7 Å². The molecule has 1 aromatic heterocycles. The van der Waals surface area contributed by atoms with Crippen molar-refractivity contribution in [2.24, 2.45) is 5.41 Å². The topological polar surface area (TPSA) is 72.1 Å². The molecule has 1 N–H and O–H groups in total. The number of esters is 1. The fourth-order valence-corrected chi connectivity index (χ4v) is 2.07. The molecular weight excluding hydrogens is 244 g/mol. The van der Waals surface area contributed by atoms with Crippen LogP contribution >= 0.6 is 0 Å². The minimum atomic E-state index is -0.410. The summed E-state index contributed by atoms with van der Waals surface area (Å²) >= 11 is 0. The SMILES string of the molecule is CC(C)(C)CCOC(=O)c1[nH]nc2c1CCCC2=O. The van der Waals surface area contributed by atoms with Crippen molar-refractivity contribution in [1.82, 2.24) is 10.2 Å². The molecule has 0 saturated carbocycles. The van der Waals surface area contributed by atoms with E-state index in [1.807, 2.05) is 0 Å². The van der Waals surface area contributed by atoms with Gasteiger partial charge in [0, 0.05) is 12.0 Å². The lowest BCUT2D eigenvalue weighted by Crippen LogP contribution is -2.16. The fraction of sp³-hybridized carbons (Fsp3) is 0.643. The Hall–Kier alpha value is -1.65. The summed E-state index contributed by atoms with van der Waals surface area (Å²) in [5.41, 5.74) is 1.60. The summed E-state index contributed by atoms with van der Waals surface area (Å²) in [4.78, 5) is 23.6. The van der Waals surface area contributed by atoms with Gasteiger partial charge in [0.15, 0.2) is 5.78 Å². The van der Waals surface area contributed by atoms with E-state index in [4.69, 9.17) is 4.74 Å². The second-order valence-corrected chi connectivity index (χ2v) is 6.15. The lowest BCUT2D eigenvalue weighted by atomic mass is 9.93. The average molecular weight is 264 g/mol. The zero-order chi connectivity index (χ0) is 14.0. The van der Waals surface area contributed by atoms with Crippen molar-refractivity contribution in [2.75, 3.05) is 6.61 Å². The Bertz CT molecular complexity index is 497. The van der Waals surface area contributed by atoms with Crippen LogP contribution in [0, 0.1) is 5.41 Å². The van der Waals surface area contributed by atoms with E-state index in [1.54, 1.807) is 0 Å². The Morgan fingerprint density at radius 1 is 1.37 bits per heavy atom. The van der Waals surface area contributed by atoms with Gasteiger partial charge in [-0.2, -0.15) is 5.10 Å². The fourth-order valence-electron chi connectivity index (χ4n) is 2.07. The predicted molar refractivity (Wildman–Crippen MR) is 70.2 cm³/mol. The largest absolute Gasteiger partial charge is 0.461 e. The number of hydrogen-bond donors (Lipinski definition) is 1. The van der Waals surface area contributed by atoms with Crippen molar-refractivity contribution in [2.45, 2.75) is 46.5 Å². The number of aromatic amines is 1. The second-order valence-electron chi connectivity index (χ2n) is 6.15. The molecular formula is C14H20N2O3. The number of carbonyl (C=O) groups is 2. The summed E-state index contributed by atoms with van der Waals surface area (Å²) in [6.07, 6.45) is 2.79. The molecule has 0 unspecified atom stereocenters. The Morgan fingerprint density at radius 2 is 2.11 bits per heavy atom. The van der Waals surface area contributed by atoms with Crippen LogP contribution in [0.4, 0.5) is 0 Å². The number of ether oxygens (including phenoxy) is 1. The molecule has 0 fully saturated rings. The third kappa shape index (κ3) is 3.22. The molecule has 0 atom stereocenters. The van der Waals surface area contributed by atoms with E-state index in [-0.39, 0.29) is 11.2 Å². The van der Waals surface area contributed by atoms with E-state index in [2.05, 4.69) is 31.0 Å². The molecule has 0 spiro atoms. The second kappa shape index (κ2) is 5.15. The van der Waals surface area contributed by atoms with Gasteiger partial charge in [-0.15, -0.1) is 0 Å². The average Bonchev–Trinajstić information content (AvgIpc) is 2.72. The van der Waals surface area contributed by atoms with Crippen LogP contribution in [0.1, 0.15) is 66.6 Å². The van der Waals surface area contributed by atoms with Crippen molar-refractivity contribution < 1.29 is 14.3 Å². The number of H-pyrrole nitrogens is 1. The number of fused-ring (bicyclic) bond motifs is 1. The van der Waals surface area contributed by atoms with Crippen LogP contribution < -0.4 is 0 Å². The molecule has 0 aromatic carbocycles. The molecule has 1 aliphatic rings. The Labute approximate surface area is 112 Å². The molecule has 1 aliphatic carbocycles. The first-order valence-electron chi connectivity index (χ1n) is 6.66. The maximum absolute atomic E-state index is 12.0. The van der Waals surface area contributed by atoms with Gasteiger partial charge in [0.05, 0.1) is 6.61 Å². The van der Waals surface area contributed by atoms with Gasteiger partial charge in [0.25, 0.3) is 0 Å². The van der Waals surface area contributed by atoms with E-state index in [1.165, 1.54) is 0 Å². The smallest absolute Gasteiger partial charge is 0.356 e. The molecule has 1 aromatic rings. The Morgan fingerprint density at radius 3 is 2.79 bits per heavy atom. The normalized spacial score (nSPS) is 15.2. The van der Waals surface area contributed by atoms with Crippen molar-refractivity contribution in [1.29, 1.82) is 0 Å². The highest BCUT2D eigenvalue weighted by Crippen LogP contribution is 2.23. The summed E-state index contributed by atoms with van der Waals surface area (Å²) < 4.78 is 5.24. The summed E-state index contributed by atoms with van der Waals surface area (Å²) in [6, 6.07) is 0. The standard InChI is InChI=1S/C14H20N2O3/c1-14(2,3)7-8-19-13(18)12-9-5-4-6-10(17)11(9)15-16-12/h4-8H2,1-3H3,(H,15,16). The lowest BCUT2D eigenvalue weighted by molar-refractivity contribution is 0.0456. The van der Waals surface area contributed by atoms with Crippen LogP contribution in [-0.4, -0.2) is 28.6 Å². The summed E-state index contributed by atoms with van der Waals surface area (Å²) in [5, 5.41) is 6.59. The van der Waals surface area contributed by atoms with Crippen LogP contribution in [0.2, 0.25) is 0 Å². The highest BCUT2D eigenvalue weighted by molar-refractivity contribution is 6.00. The molecule has 0 saturated heterocycles. The van der Waals surface area contributed by atoms with Gasteiger partial charge in [-0.1, -0.05) is 20.8 Å². The first-order valence-corrected chi connectivity index (χ1v) is 6.66. The number of nitrogens with one attached hydrogen (secondary N) is 1. The minimum absolute atomic E-state index is 0.00578. The number of carbonyl (C=O) groups excluding carboxylic acids is 2. The number of rotatable bonds is 3. The van der Waals surface area contributed by atoms with Gasteiger partial charge >= 0.3 is 5.97 Å². The Balaban J connectivity index is 2.02. The van der Waals surface area contributed by atoms with Gasteiger partial charge < -0.3 is 4.74 Å². The monoisotopic (exact) mass is 264 g/mol. The molecule has 0 bridgehead atoms. The lowest BCUT2D eigenvalue weighted by Gasteiger charge is -2.17. The number of Topliss-reactive ketones (excluding diaryl/α,β-unsaturated/α-hetero) is 1. The van der Waals surface area contributed by atoms with E-state index in [0.717, 1.165) is 18.4 Å². The summed E-state index contributed by atoms with van der Waals surface area (Å²) in [5.74, 6) is -0.404. The first-order chi connectivity index (χ1) is 8.88. The Kier molecular flexibility index (Phi) is 3.73. The first kappa shape index (κ1) is 13.8. The third-order valence-electron chi connectivity index (χ3n) is 3.25. The van der Waals surface area contributed by atoms with Crippen molar-refractivity contribution in [3.8, 4) is 0 Å². The zero-order valence-corrected chi connectivity index (χ0v) is 11.7. The maximum Gasteiger partial charge on any atom is 0.356 e. The molecule has 19 heavy (non-hydrogen) atoms. The van der Waals surface area contributed by atoms with E-state index in [0.29, 0.717) is 30.8 Å². The van der Waals surface area contributed by atoms with E-state index < -0.39 is 5.97 Å². The van der Waals surface area contributed by atoms with Crippen molar-refractivity contribution >= 4 is 11.8 Å². The zero-order valence-electron chi connectivity index (χ0n) is 11.7. The number of ketones is 1. The van der Waals surface area contributed by atoms with Crippen LogP contribution in [0.15, 0.2) is 0 Å². The van der Waals surface area contributed by atoms with Crippen LogP contribution in [0.3, 0.4) is 0 Å². The van der Waals surface area contributed by atoms with E-state index in [9.17, 15) is 9.59 Å². The minimum Gasteiger partial charge on any atom is -0.461 e. The molecule has 5 heteroatoms. The highest BCUT2D eigenvalue weighted by Gasteiger charge is 2.27. The number of aromatic nitrogens is 2. The van der Waals surface area contributed by atoms with Gasteiger partial charge in [0.2, 0.25) is 0 Å². The highest BCUT2D eigenvalue weighted by atomic mass is 16.5.